The molecule has 3 amide bonds. The Morgan fingerprint density at radius 1 is 0.963 bits per heavy atom. The van der Waals surface area contributed by atoms with Gasteiger partial charge in [0.1, 0.15) is 18.1 Å². The Morgan fingerprint density at radius 2 is 1.59 bits per heavy atom. The highest BCUT2D eigenvalue weighted by Gasteiger charge is 2.30. The van der Waals surface area contributed by atoms with Crippen LogP contribution in [0.15, 0.2) is 0 Å². The minimum absolute atomic E-state index is 0.232. The quantitative estimate of drug-likeness (QED) is 0.212. The van der Waals surface area contributed by atoms with Crippen molar-refractivity contribution in [2.75, 3.05) is 13.1 Å². The summed E-state index contributed by atoms with van der Waals surface area (Å²) in [5, 5.41) is 16.5. The standard InChI is InChI=1S/C17H33N5O5/c1-4-10(2)14(16(25)20-11(3)17(26)27)22-15(24)12(7-5-6-8-18)21-13(23)9-19/h10-12,14H,4-9,18-19H2,1-3H3,(H,20,25)(H,21,23)(H,22,24)(H,26,27). The van der Waals surface area contributed by atoms with Crippen molar-refractivity contribution >= 4 is 23.7 Å². The van der Waals surface area contributed by atoms with E-state index < -0.39 is 41.8 Å². The number of nitrogens with one attached hydrogen (secondary N) is 3. The molecule has 0 saturated heterocycles. The highest BCUT2D eigenvalue weighted by atomic mass is 16.4. The van der Waals surface area contributed by atoms with Crippen molar-refractivity contribution in [3.8, 4) is 0 Å². The van der Waals surface area contributed by atoms with E-state index in [1.54, 1.807) is 6.92 Å². The first-order valence-electron chi connectivity index (χ1n) is 9.20. The second-order valence-corrected chi connectivity index (χ2v) is 6.55. The molecule has 0 heterocycles. The van der Waals surface area contributed by atoms with E-state index in [2.05, 4.69) is 16.0 Å². The third-order valence-electron chi connectivity index (χ3n) is 4.31. The van der Waals surface area contributed by atoms with Crippen molar-refractivity contribution < 1.29 is 24.3 Å². The lowest BCUT2D eigenvalue weighted by atomic mass is 9.97. The summed E-state index contributed by atoms with van der Waals surface area (Å²) in [7, 11) is 0. The van der Waals surface area contributed by atoms with Crippen LogP contribution in [0.4, 0.5) is 0 Å². The minimum atomic E-state index is -1.17. The van der Waals surface area contributed by atoms with Gasteiger partial charge in [0.15, 0.2) is 0 Å². The number of nitrogens with two attached hydrogens (primary N) is 2. The molecule has 0 aromatic carbocycles. The van der Waals surface area contributed by atoms with Gasteiger partial charge in [-0.15, -0.1) is 0 Å². The van der Waals surface area contributed by atoms with Crippen LogP contribution >= 0.6 is 0 Å². The van der Waals surface area contributed by atoms with Gasteiger partial charge in [-0.05, 0) is 38.6 Å². The number of carboxylic acids is 1. The predicted molar refractivity (Wildman–Crippen MR) is 101 cm³/mol. The van der Waals surface area contributed by atoms with Gasteiger partial charge in [0, 0.05) is 0 Å². The molecule has 0 bridgehead atoms. The summed E-state index contributed by atoms with van der Waals surface area (Å²) in [5.41, 5.74) is 10.8. The molecule has 0 saturated carbocycles. The summed E-state index contributed by atoms with van der Waals surface area (Å²) >= 11 is 0. The van der Waals surface area contributed by atoms with Crippen molar-refractivity contribution in [3.63, 3.8) is 0 Å². The Hall–Kier alpha value is -2.20. The minimum Gasteiger partial charge on any atom is -0.480 e. The molecule has 4 unspecified atom stereocenters. The van der Waals surface area contributed by atoms with E-state index in [4.69, 9.17) is 16.6 Å². The first-order chi connectivity index (χ1) is 12.7. The number of carbonyl (C=O) groups excluding carboxylic acids is 3. The Balaban J connectivity index is 5.19. The van der Waals surface area contributed by atoms with Crippen molar-refractivity contribution in [2.24, 2.45) is 17.4 Å². The third kappa shape index (κ3) is 9.34. The maximum atomic E-state index is 12.6. The van der Waals surface area contributed by atoms with E-state index in [-0.39, 0.29) is 12.5 Å². The van der Waals surface area contributed by atoms with Crippen molar-refractivity contribution in [2.45, 2.75) is 64.6 Å². The van der Waals surface area contributed by atoms with Crippen molar-refractivity contribution in [1.29, 1.82) is 0 Å². The highest BCUT2D eigenvalue weighted by molar-refractivity contribution is 5.93. The first kappa shape index (κ1) is 24.8. The highest BCUT2D eigenvalue weighted by Crippen LogP contribution is 2.10. The number of aliphatic carboxylic acids is 1. The number of carboxylic acid groups (broad SMARTS) is 1. The lowest BCUT2D eigenvalue weighted by molar-refractivity contribution is -0.142. The summed E-state index contributed by atoms with van der Waals surface area (Å²) in [5.74, 6) is -2.99. The maximum Gasteiger partial charge on any atom is 0.325 e. The van der Waals surface area contributed by atoms with Crippen LogP contribution in [0.1, 0.15) is 46.5 Å². The molecule has 0 aromatic heterocycles. The van der Waals surface area contributed by atoms with Crippen LogP contribution in [0.5, 0.6) is 0 Å². The van der Waals surface area contributed by atoms with E-state index in [1.165, 1.54) is 6.92 Å². The Kier molecular flexibility index (Phi) is 12.0. The van der Waals surface area contributed by atoms with E-state index in [0.717, 1.165) is 0 Å². The summed E-state index contributed by atoms with van der Waals surface area (Å²) in [6, 6.07) is -2.85. The molecule has 0 aromatic rings. The number of rotatable bonds is 13. The zero-order valence-corrected chi connectivity index (χ0v) is 16.3. The van der Waals surface area contributed by atoms with Gasteiger partial charge in [-0.25, -0.2) is 0 Å². The first-order valence-corrected chi connectivity index (χ1v) is 9.20. The molecule has 0 radical (unpaired) electrons. The fourth-order valence-electron chi connectivity index (χ4n) is 2.34. The molecule has 0 aliphatic rings. The van der Waals surface area contributed by atoms with Crippen LogP contribution in [0.3, 0.4) is 0 Å². The van der Waals surface area contributed by atoms with E-state index in [1.807, 2.05) is 6.92 Å². The zero-order valence-electron chi connectivity index (χ0n) is 16.3. The molecule has 8 N–H and O–H groups in total. The van der Waals surface area contributed by atoms with Gasteiger partial charge in [0.2, 0.25) is 17.7 Å². The largest absolute Gasteiger partial charge is 0.480 e. The number of hydrogen-bond donors (Lipinski definition) is 6. The van der Waals surface area contributed by atoms with Crippen molar-refractivity contribution in [3.05, 3.63) is 0 Å². The number of unbranched alkanes of at least 4 members (excludes halogenated alkanes) is 1. The summed E-state index contributed by atoms with van der Waals surface area (Å²) in [4.78, 5) is 47.7. The van der Waals surface area contributed by atoms with Crippen LogP contribution in [-0.4, -0.2) is 60.0 Å². The lowest BCUT2D eigenvalue weighted by Gasteiger charge is -2.27. The molecule has 27 heavy (non-hydrogen) atoms. The van der Waals surface area contributed by atoms with Crippen LogP contribution in [0.25, 0.3) is 0 Å². The average Bonchev–Trinajstić information content (AvgIpc) is 2.63. The summed E-state index contributed by atoms with van der Waals surface area (Å²) in [6.45, 7) is 5.17. The Labute approximate surface area is 159 Å². The van der Waals surface area contributed by atoms with Gasteiger partial charge >= 0.3 is 5.97 Å². The number of carbonyl (C=O) groups is 4. The maximum absolute atomic E-state index is 12.6. The van der Waals surface area contributed by atoms with Crippen LogP contribution in [0.2, 0.25) is 0 Å². The van der Waals surface area contributed by atoms with Gasteiger partial charge < -0.3 is 32.5 Å². The molecule has 156 valence electrons. The van der Waals surface area contributed by atoms with Gasteiger partial charge in [0.05, 0.1) is 6.54 Å². The number of amides is 3. The normalized spacial score (nSPS) is 15.1. The van der Waals surface area contributed by atoms with E-state index >= 15 is 0 Å². The molecule has 0 aliphatic heterocycles. The van der Waals surface area contributed by atoms with Gasteiger partial charge in [-0.2, -0.15) is 0 Å². The number of hydrogen-bond acceptors (Lipinski definition) is 6. The van der Waals surface area contributed by atoms with Crippen LogP contribution in [0, 0.1) is 5.92 Å². The fraction of sp³-hybridized carbons (Fsp3) is 0.765. The zero-order chi connectivity index (χ0) is 21.0. The molecule has 10 heteroatoms. The molecule has 0 aliphatic carbocycles. The van der Waals surface area contributed by atoms with Crippen molar-refractivity contribution in [1.82, 2.24) is 16.0 Å². The molecule has 0 fully saturated rings. The van der Waals surface area contributed by atoms with Gasteiger partial charge in [-0.3, -0.25) is 19.2 Å². The molecular formula is C17H33N5O5. The fourth-order valence-corrected chi connectivity index (χ4v) is 2.34. The van der Waals surface area contributed by atoms with Crippen LogP contribution < -0.4 is 27.4 Å². The van der Waals surface area contributed by atoms with E-state index in [0.29, 0.717) is 32.2 Å². The van der Waals surface area contributed by atoms with Crippen LogP contribution in [-0.2, 0) is 19.2 Å². The molecule has 4 atom stereocenters. The second-order valence-electron chi connectivity index (χ2n) is 6.55. The molecule has 0 spiro atoms. The molecule has 10 nitrogen and oxygen atoms in total. The SMILES string of the molecule is CCC(C)C(NC(=O)C(CCCCN)NC(=O)CN)C(=O)NC(C)C(=O)O. The average molecular weight is 387 g/mol. The Bertz CT molecular complexity index is 514. The third-order valence-corrected chi connectivity index (χ3v) is 4.31. The predicted octanol–water partition coefficient (Wildman–Crippen LogP) is -1.32. The smallest absolute Gasteiger partial charge is 0.325 e. The molecule has 0 rings (SSSR count). The molecular weight excluding hydrogens is 354 g/mol. The van der Waals surface area contributed by atoms with Gasteiger partial charge in [-0.1, -0.05) is 20.3 Å². The summed E-state index contributed by atoms with van der Waals surface area (Å²) in [6.07, 6.45) is 2.26. The Morgan fingerprint density at radius 3 is 2.07 bits per heavy atom. The summed E-state index contributed by atoms with van der Waals surface area (Å²) < 4.78 is 0. The topological polar surface area (TPSA) is 177 Å². The van der Waals surface area contributed by atoms with E-state index in [9.17, 15) is 19.2 Å². The monoisotopic (exact) mass is 387 g/mol. The second kappa shape index (κ2) is 13.0. The lowest BCUT2D eigenvalue weighted by Crippen LogP contribution is -2.57. The van der Waals surface area contributed by atoms with Gasteiger partial charge in [0.25, 0.3) is 0 Å².